The number of esters is 2. The first-order valence-electron chi connectivity index (χ1n) is 9.43. The second-order valence-electron chi connectivity index (χ2n) is 6.31. The summed E-state index contributed by atoms with van der Waals surface area (Å²) in [6.45, 7) is -0.0360. The number of hydrogen-bond donors (Lipinski definition) is 0. The Hall–Kier alpha value is -3.80. The molecule has 6 nitrogen and oxygen atoms in total. The first-order chi connectivity index (χ1) is 14.7. The number of hydrogen-bond acceptors (Lipinski definition) is 6. The third kappa shape index (κ3) is 6.10. The van der Waals surface area contributed by atoms with Crippen LogP contribution in [0, 0.1) is 0 Å². The normalized spacial score (nSPS) is 10.2. The number of rotatable bonds is 9. The smallest absolute Gasteiger partial charge is 0.349 e. The summed E-state index contributed by atoms with van der Waals surface area (Å²) < 4.78 is 21.2. The van der Waals surface area contributed by atoms with Crippen molar-refractivity contribution in [1.29, 1.82) is 0 Å². The van der Waals surface area contributed by atoms with Crippen molar-refractivity contribution in [3.05, 3.63) is 90.0 Å². The molecule has 0 unspecified atom stereocenters. The van der Waals surface area contributed by atoms with Gasteiger partial charge in [-0.25, -0.2) is 9.59 Å². The minimum atomic E-state index is -0.601. The summed E-state index contributed by atoms with van der Waals surface area (Å²) in [7, 11) is 1.52. The molecule has 3 aromatic rings. The van der Waals surface area contributed by atoms with Crippen molar-refractivity contribution >= 4 is 11.9 Å². The number of para-hydroxylation sites is 2. The molecule has 6 heteroatoms. The molecule has 0 fully saturated rings. The highest BCUT2D eigenvalue weighted by Gasteiger charge is 2.12. The second-order valence-corrected chi connectivity index (χ2v) is 6.31. The van der Waals surface area contributed by atoms with Crippen molar-refractivity contribution in [2.75, 3.05) is 20.3 Å². The number of carbonyl (C=O) groups is 2. The van der Waals surface area contributed by atoms with Gasteiger partial charge in [0.25, 0.3) is 0 Å². The second kappa shape index (κ2) is 10.7. The van der Waals surface area contributed by atoms with Crippen LogP contribution in [0.25, 0.3) is 0 Å². The van der Waals surface area contributed by atoms with E-state index in [-0.39, 0.29) is 19.0 Å². The van der Waals surface area contributed by atoms with Gasteiger partial charge in [-0.1, -0.05) is 48.5 Å². The highest BCUT2D eigenvalue weighted by atomic mass is 16.6. The molecule has 30 heavy (non-hydrogen) atoms. The monoisotopic (exact) mass is 406 g/mol. The maximum Gasteiger partial charge on any atom is 0.349 e. The van der Waals surface area contributed by atoms with E-state index < -0.39 is 11.9 Å². The zero-order chi connectivity index (χ0) is 21.2. The van der Waals surface area contributed by atoms with E-state index in [9.17, 15) is 9.59 Å². The van der Waals surface area contributed by atoms with Crippen LogP contribution >= 0.6 is 0 Å². The molecule has 0 bridgehead atoms. The van der Waals surface area contributed by atoms with Crippen molar-refractivity contribution in [3.63, 3.8) is 0 Å². The Morgan fingerprint density at radius 1 is 0.833 bits per heavy atom. The Kier molecular flexibility index (Phi) is 7.44. The summed E-state index contributed by atoms with van der Waals surface area (Å²) in [5, 5.41) is 0. The van der Waals surface area contributed by atoms with Gasteiger partial charge in [0, 0.05) is 6.42 Å². The van der Waals surface area contributed by atoms with Gasteiger partial charge >= 0.3 is 11.9 Å². The quantitative estimate of drug-likeness (QED) is 0.394. The van der Waals surface area contributed by atoms with Crippen molar-refractivity contribution < 1.29 is 28.5 Å². The van der Waals surface area contributed by atoms with Crippen LogP contribution in [0.3, 0.4) is 0 Å². The average Bonchev–Trinajstić information content (AvgIpc) is 2.78. The van der Waals surface area contributed by atoms with Crippen LogP contribution in [-0.2, 0) is 16.0 Å². The van der Waals surface area contributed by atoms with Crippen LogP contribution in [-0.4, -0.2) is 32.3 Å². The van der Waals surface area contributed by atoms with Crippen LogP contribution in [0.1, 0.15) is 15.9 Å². The maximum absolute atomic E-state index is 12.3. The van der Waals surface area contributed by atoms with E-state index in [2.05, 4.69) is 0 Å². The number of methoxy groups -OCH3 is 1. The Morgan fingerprint density at radius 3 is 2.33 bits per heavy atom. The molecule has 154 valence electrons. The maximum atomic E-state index is 12.3. The van der Waals surface area contributed by atoms with Gasteiger partial charge < -0.3 is 18.9 Å². The third-order valence-electron chi connectivity index (χ3n) is 4.18. The third-order valence-corrected chi connectivity index (χ3v) is 4.18. The molecule has 0 heterocycles. The van der Waals surface area contributed by atoms with Crippen LogP contribution in [0.2, 0.25) is 0 Å². The molecule has 0 aliphatic heterocycles. The molecule has 0 aliphatic rings. The molecule has 3 aromatic carbocycles. The predicted octanol–water partition coefficient (Wildman–Crippen LogP) is 4.08. The summed E-state index contributed by atoms with van der Waals surface area (Å²) in [5.41, 5.74) is 1.39. The van der Waals surface area contributed by atoms with Gasteiger partial charge in [0.15, 0.2) is 18.1 Å². The van der Waals surface area contributed by atoms with Crippen LogP contribution in [0.4, 0.5) is 0 Å². The van der Waals surface area contributed by atoms with Crippen LogP contribution < -0.4 is 14.2 Å². The zero-order valence-corrected chi connectivity index (χ0v) is 16.6. The van der Waals surface area contributed by atoms with Crippen molar-refractivity contribution in [2.24, 2.45) is 0 Å². The van der Waals surface area contributed by atoms with Gasteiger partial charge in [0.1, 0.15) is 5.75 Å². The van der Waals surface area contributed by atoms with Gasteiger partial charge in [-0.2, -0.15) is 0 Å². The molecular formula is C24H22O6. The van der Waals surface area contributed by atoms with E-state index in [1.165, 1.54) is 13.2 Å². The fourth-order valence-electron chi connectivity index (χ4n) is 2.71. The van der Waals surface area contributed by atoms with E-state index in [0.717, 1.165) is 5.56 Å². The van der Waals surface area contributed by atoms with Crippen molar-refractivity contribution in [2.45, 2.75) is 6.42 Å². The first kappa shape index (κ1) is 20.9. The van der Waals surface area contributed by atoms with E-state index in [1.54, 1.807) is 42.5 Å². The molecule has 0 spiro atoms. The lowest BCUT2D eigenvalue weighted by molar-refractivity contribution is -0.136. The molecule has 3 rings (SSSR count). The van der Waals surface area contributed by atoms with Crippen LogP contribution in [0.15, 0.2) is 78.9 Å². The Balaban J connectivity index is 1.50. The fraction of sp³-hybridized carbons (Fsp3) is 0.167. The minimum Gasteiger partial charge on any atom is -0.493 e. The van der Waals surface area contributed by atoms with E-state index in [4.69, 9.17) is 18.9 Å². The van der Waals surface area contributed by atoms with Gasteiger partial charge in [0.2, 0.25) is 0 Å². The zero-order valence-electron chi connectivity index (χ0n) is 16.6. The first-order valence-corrected chi connectivity index (χ1v) is 9.43. The highest BCUT2D eigenvalue weighted by Crippen LogP contribution is 2.25. The topological polar surface area (TPSA) is 71.1 Å². The van der Waals surface area contributed by atoms with Gasteiger partial charge in [0.05, 0.1) is 19.3 Å². The molecule has 0 N–H and O–H groups in total. The molecule has 0 radical (unpaired) electrons. The lowest BCUT2D eigenvalue weighted by Crippen LogP contribution is -2.18. The minimum absolute atomic E-state index is 0.237. The lowest BCUT2D eigenvalue weighted by atomic mass is 10.2. The summed E-state index contributed by atoms with van der Waals surface area (Å²) in [6.07, 6.45) is 0.627. The molecular weight excluding hydrogens is 384 g/mol. The average molecular weight is 406 g/mol. The van der Waals surface area contributed by atoms with Crippen molar-refractivity contribution in [3.8, 4) is 17.2 Å². The Labute approximate surface area is 175 Å². The largest absolute Gasteiger partial charge is 0.493 e. The van der Waals surface area contributed by atoms with Crippen LogP contribution in [0.5, 0.6) is 17.2 Å². The van der Waals surface area contributed by atoms with Gasteiger partial charge in [-0.3, -0.25) is 0 Å². The van der Waals surface area contributed by atoms with E-state index in [1.807, 2.05) is 30.3 Å². The Bertz CT molecular complexity index is 984. The van der Waals surface area contributed by atoms with E-state index >= 15 is 0 Å². The van der Waals surface area contributed by atoms with Crippen molar-refractivity contribution in [1.82, 2.24) is 0 Å². The molecule has 0 saturated heterocycles. The Morgan fingerprint density at radius 2 is 1.57 bits per heavy atom. The number of ether oxygens (including phenoxy) is 4. The molecule has 0 aliphatic carbocycles. The summed E-state index contributed by atoms with van der Waals surface area (Å²) in [6, 6.07) is 23.0. The molecule has 0 atom stereocenters. The fourth-order valence-corrected chi connectivity index (χ4v) is 2.71. The summed E-state index contributed by atoms with van der Waals surface area (Å²) in [4.78, 5) is 24.3. The SMILES string of the molecule is COc1ccccc1OCC(=O)Oc1cccc(C(=O)OCCc2ccccc2)c1. The van der Waals surface area contributed by atoms with Gasteiger partial charge in [-0.05, 0) is 35.9 Å². The predicted molar refractivity (Wildman–Crippen MR) is 111 cm³/mol. The van der Waals surface area contributed by atoms with E-state index in [0.29, 0.717) is 23.5 Å². The summed E-state index contributed by atoms with van der Waals surface area (Å²) >= 11 is 0. The summed E-state index contributed by atoms with van der Waals surface area (Å²) in [5.74, 6) is 0.115. The number of benzene rings is 3. The van der Waals surface area contributed by atoms with Gasteiger partial charge in [-0.15, -0.1) is 0 Å². The molecule has 0 saturated carbocycles. The highest BCUT2D eigenvalue weighted by molar-refractivity contribution is 5.90. The molecule has 0 aromatic heterocycles. The standard InChI is InChI=1S/C24H22O6/c1-27-21-12-5-6-13-22(21)29-17-23(25)30-20-11-7-10-19(16-20)24(26)28-15-14-18-8-3-2-4-9-18/h2-13,16H,14-15,17H2,1H3. The molecule has 0 amide bonds. The number of carbonyl (C=O) groups excluding carboxylic acids is 2. The lowest BCUT2D eigenvalue weighted by Gasteiger charge is -2.10.